The van der Waals surface area contributed by atoms with Crippen LogP contribution < -0.4 is 5.32 Å². The zero-order valence-electron chi connectivity index (χ0n) is 15.8. The highest BCUT2D eigenvalue weighted by Crippen LogP contribution is 2.24. The molecule has 0 spiro atoms. The van der Waals surface area contributed by atoms with Crippen LogP contribution in [0.2, 0.25) is 0 Å². The molecule has 0 radical (unpaired) electrons. The van der Waals surface area contributed by atoms with Crippen LogP contribution >= 0.6 is 0 Å². The summed E-state index contributed by atoms with van der Waals surface area (Å²) >= 11 is 0. The number of hydrogen-bond donors (Lipinski definition) is 1. The first-order chi connectivity index (χ1) is 14.1. The largest absolute Gasteiger partial charge is 0.340 e. The number of amides is 1. The summed E-state index contributed by atoms with van der Waals surface area (Å²) in [5.74, 6) is 0.564. The van der Waals surface area contributed by atoms with Crippen LogP contribution in [0.15, 0.2) is 59.6 Å². The van der Waals surface area contributed by atoms with Gasteiger partial charge in [0.05, 0.1) is 5.69 Å². The van der Waals surface area contributed by atoms with Gasteiger partial charge in [0.25, 0.3) is 5.91 Å². The normalized spacial score (nSPS) is 12.1. The number of benzene rings is 1. The molecule has 3 aromatic heterocycles. The number of nitrogens with zero attached hydrogens (tertiary/aromatic N) is 7. The predicted octanol–water partition coefficient (Wildman–Crippen LogP) is 2.23. The Kier molecular flexibility index (Phi) is 5.06. The van der Waals surface area contributed by atoms with Crippen LogP contribution in [0.4, 0.5) is 0 Å². The molecule has 29 heavy (non-hydrogen) atoms. The average molecular weight is 390 g/mol. The lowest BCUT2D eigenvalue weighted by Gasteiger charge is -2.18. The fourth-order valence-corrected chi connectivity index (χ4v) is 2.79. The Morgan fingerprint density at radius 2 is 2.00 bits per heavy atom. The summed E-state index contributed by atoms with van der Waals surface area (Å²) in [5, 5.41) is 18.1. The van der Waals surface area contributed by atoms with Crippen molar-refractivity contribution in [2.45, 2.75) is 19.9 Å². The second-order valence-electron chi connectivity index (χ2n) is 6.69. The molecule has 0 saturated heterocycles. The second kappa shape index (κ2) is 7.97. The highest BCUT2D eigenvalue weighted by Gasteiger charge is 2.25. The molecule has 4 rings (SSSR count). The van der Waals surface area contributed by atoms with E-state index in [1.165, 1.54) is 11.0 Å². The Balaban J connectivity index is 1.56. The van der Waals surface area contributed by atoms with E-state index < -0.39 is 6.04 Å². The van der Waals surface area contributed by atoms with Gasteiger partial charge in [-0.05, 0) is 46.7 Å². The molecule has 0 aliphatic carbocycles. The van der Waals surface area contributed by atoms with Crippen molar-refractivity contribution in [3.05, 3.63) is 66.6 Å². The zero-order valence-corrected chi connectivity index (χ0v) is 15.8. The molecule has 10 heteroatoms. The first kappa shape index (κ1) is 18.4. The van der Waals surface area contributed by atoms with Crippen molar-refractivity contribution in [2.75, 3.05) is 0 Å². The third-order valence-electron chi connectivity index (χ3n) is 4.32. The third kappa shape index (κ3) is 4.00. The molecule has 0 aliphatic heterocycles. The van der Waals surface area contributed by atoms with Crippen molar-refractivity contribution >= 4 is 5.91 Å². The minimum atomic E-state index is -0.442. The molecule has 3 heterocycles. The highest BCUT2D eigenvalue weighted by atomic mass is 16.5. The van der Waals surface area contributed by atoms with Crippen molar-refractivity contribution in [3.63, 3.8) is 0 Å². The fourth-order valence-electron chi connectivity index (χ4n) is 2.79. The lowest BCUT2D eigenvalue weighted by atomic mass is 10.0. The number of pyridine rings is 1. The summed E-state index contributed by atoms with van der Waals surface area (Å²) in [7, 11) is 0. The number of carbonyl (C=O) groups excluding carboxylic acids is 1. The van der Waals surface area contributed by atoms with Crippen molar-refractivity contribution in [3.8, 4) is 17.1 Å². The van der Waals surface area contributed by atoms with Gasteiger partial charge in [0, 0.05) is 23.5 Å². The second-order valence-corrected chi connectivity index (χ2v) is 6.69. The Labute approximate surface area is 166 Å². The topological polar surface area (TPSA) is 125 Å². The van der Waals surface area contributed by atoms with Crippen LogP contribution in [0.1, 0.15) is 36.1 Å². The minimum Gasteiger partial charge on any atom is -0.340 e. The van der Waals surface area contributed by atoms with Gasteiger partial charge in [-0.25, -0.2) is 4.68 Å². The lowest BCUT2D eigenvalue weighted by molar-refractivity contribution is 0.0914. The maximum Gasteiger partial charge on any atom is 0.252 e. The first-order valence-electron chi connectivity index (χ1n) is 9.00. The molecule has 1 aromatic carbocycles. The van der Waals surface area contributed by atoms with Crippen LogP contribution in [0.5, 0.6) is 0 Å². The number of aromatic nitrogens is 7. The molecule has 0 aliphatic rings. The van der Waals surface area contributed by atoms with Crippen molar-refractivity contribution in [1.29, 1.82) is 0 Å². The van der Waals surface area contributed by atoms with E-state index in [-0.39, 0.29) is 11.8 Å². The van der Waals surface area contributed by atoms with E-state index in [0.717, 1.165) is 5.56 Å². The minimum absolute atomic E-state index is 0.0346. The number of tetrazole rings is 1. The van der Waals surface area contributed by atoms with Crippen LogP contribution in [0.25, 0.3) is 17.1 Å². The Morgan fingerprint density at radius 1 is 1.17 bits per heavy atom. The highest BCUT2D eigenvalue weighted by molar-refractivity contribution is 5.95. The lowest BCUT2D eigenvalue weighted by Crippen LogP contribution is -2.32. The molecule has 146 valence electrons. The van der Waals surface area contributed by atoms with Gasteiger partial charge < -0.3 is 9.84 Å². The maximum absolute atomic E-state index is 12.9. The molecular formula is C19H18N8O2. The summed E-state index contributed by atoms with van der Waals surface area (Å²) in [6.07, 6.45) is 4.78. The third-order valence-corrected chi connectivity index (χ3v) is 4.32. The number of carbonyl (C=O) groups is 1. The summed E-state index contributed by atoms with van der Waals surface area (Å²) in [5.41, 5.74) is 1.94. The van der Waals surface area contributed by atoms with Crippen LogP contribution in [0.3, 0.4) is 0 Å². The van der Waals surface area contributed by atoms with E-state index in [1.807, 2.05) is 19.9 Å². The van der Waals surface area contributed by atoms with Crippen molar-refractivity contribution in [2.24, 2.45) is 5.92 Å². The monoisotopic (exact) mass is 390 g/mol. The summed E-state index contributed by atoms with van der Waals surface area (Å²) in [4.78, 5) is 21.3. The van der Waals surface area contributed by atoms with Gasteiger partial charge in [-0.3, -0.25) is 9.78 Å². The van der Waals surface area contributed by atoms with E-state index in [1.54, 1.807) is 42.7 Å². The summed E-state index contributed by atoms with van der Waals surface area (Å²) in [6.45, 7) is 3.94. The van der Waals surface area contributed by atoms with Crippen molar-refractivity contribution < 1.29 is 9.32 Å². The first-order valence-corrected chi connectivity index (χ1v) is 9.00. The molecule has 0 bridgehead atoms. The fraction of sp³-hybridized carbons (Fsp3) is 0.211. The van der Waals surface area contributed by atoms with Gasteiger partial charge in [0.15, 0.2) is 0 Å². The SMILES string of the molecule is CC(C)C(NC(=O)c1cccc(-n2cnnn2)c1)c1nc(-c2ccncc2)no1. The van der Waals surface area contributed by atoms with Crippen molar-refractivity contribution in [1.82, 2.24) is 40.6 Å². The Morgan fingerprint density at radius 3 is 2.72 bits per heavy atom. The quantitative estimate of drug-likeness (QED) is 0.531. The number of hydrogen-bond acceptors (Lipinski definition) is 8. The standard InChI is InChI=1S/C19H18N8O2/c1-12(2)16(19-23-17(24-29-19)13-6-8-20-9-7-13)22-18(28)14-4-3-5-15(10-14)27-11-21-25-26-27/h3-12,16H,1-2H3,(H,22,28). The van der Waals surface area contributed by atoms with Gasteiger partial charge in [-0.15, -0.1) is 5.10 Å². The van der Waals surface area contributed by atoms with Crippen LogP contribution in [-0.2, 0) is 0 Å². The molecule has 0 saturated carbocycles. The molecule has 1 amide bonds. The summed E-state index contributed by atoms with van der Waals surface area (Å²) in [6, 6.07) is 10.2. The van der Waals surface area contributed by atoms with Gasteiger partial charge in [0.1, 0.15) is 12.4 Å². The smallest absolute Gasteiger partial charge is 0.252 e. The number of rotatable bonds is 6. The van der Waals surface area contributed by atoms with E-state index in [9.17, 15) is 4.79 Å². The molecule has 10 nitrogen and oxygen atoms in total. The zero-order chi connectivity index (χ0) is 20.2. The van der Waals surface area contributed by atoms with E-state index in [0.29, 0.717) is 23.0 Å². The summed E-state index contributed by atoms with van der Waals surface area (Å²) < 4.78 is 6.92. The van der Waals surface area contributed by atoms with Gasteiger partial charge >= 0.3 is 0 Å². The van der Waals surface area contributed by atoms with Crippen LogP contribution in [-0.4, -0.2) is 41.2 Å². The predicted molar refractivity (Wildman–Crippen MR) is 102 cm³/mol. The molecule has 1 atom stereocenters. The number of nitrogens with one attached hydrogen (secondary N) is 1. The van der Waals surface area contributed by atoms with Gasteiger partial charge in [0.2, 0.25) is 11.7 Å². The molecule has 1 N–H and O–H groups in total. The molecule has 0 fully saturated rings. The van der Waals surface area contributed by atoms with Gasteiger partial charge in [-0.1, -0.05) is 25.1 Å². The molecule has 4 aromatic rings. The molecular weight excluding hydrogens is 372 g/mol. The van der Waals surface area contributed by atoms with Gasteiger partial charge in [-0.2, -0.15) is 4.98 Å². The van der Waals surface area contributed by atoms with E-state index >= 15 is 0 Å². The average Bonchev–Trinajstić information content (AvgIpc) is 3.45. The Hall–Kier alpha value is -3.95. The molecule has 1 unspecified atom stereocenters. The van der Waals surface area contributed by atoms with E-state index in [4.69, 9.17) is 4.52 Å². The van der Waals surface area contributed by atoms with Crippen LogP contribution in [0, 0.1) is 5.92 Å². The Bertz CT molecular complexity index is 1090. The maximum atomic E-state index is 12.9. The van der Waals surface area contributed by atoms with E-state index in [2.05, 4.69) is 36.0 Å².